The number of fused-ring (bicyclic) bond motifs is 1. The molecule has 0 aliphatic carbocycles. The molecule has 0 spiro atoms. The number of ether oxygens (including phenoxy) is 2. The molecule has 0 aliphatic heterocycles. The summed E-state index contributed by atoms with van der Waals surface area (Å²) in [6.45, 7) is 9.15. The second kappa shape index (κ2) is 5.44. The smallest absolute Gasteiger partial charge is 0.355 e. The third-order valence-corrected chi connectivity index (χ3v) is 2.81. The molecule has 0 N–H and O–H groups in total. The predicted octanol–water partition coefficient (Wildman–Crippen LogP) is 2.70. The van der Waals surface area contributed by atoms with Crippen molar-refractivity contribution in [3.8, 4) is 5.75 Å². The Bertz CT molecular complexity index is 652. The number of hydrogen-bond donors (Lipinski definition) is 0. The molecule has 98 valence electrons. The van der Waals surface area contributed by atoms with Crippen molar-refractivity contribution in [2.24, 2.45) is 0 Å². The average Bonchev–Trinajstić information content (AvgIpc) is 2.77. The number of nitrogens with zero attached hydrogens (tertiary/aromatic N) is 2. The fourth-order valence-electron chi connectivity index (χ4n) is 1.97. The van der Waals surface area contributed by atoms with Crippen molar-refractivity contribution >= 4 is 16.9 Å². The first-order chi connectivity index (χ1) is 9.21. The number of benzene rings is 1. The van der Waals surface area contributed by atoms with Gasteiger partial charge in [-0.05, 0) is 31.2 Å². The van der Waals surface area contributed by atoms with Crippen molar-refractivity contribution in [1.29, 1.82) is 0 Å². The summed E-state index contributed by atoms with van der Waals surface area (Å²) < 4.78 is 11.8. The molecule has 2 aromatic rings. The highest BCUT2D eigenvalue weighted by atomic mass is 16.5. The van der Waals surface area contributed by atoms with E-state index in [0.29, 0.717) is 18.1 Å². The minimum absolute atomic E-state index is 0.0873. The van der Waals surface area contributed by atoms with Gasteiger partial charge >= 0.3 is 5.97 Å². The van der Waals surface area contributed by atoms with Crippen molar-refractivity contribution in [1.82, 2.24) is 4.57 Å². The summed E-state index contributed by atoms with van der Waals surface area (Å²) in [5.74, 6) is 0.296. The van der Waals surface area contributed by atoms with Crippen molar-refractivity contribution in [2.75, 3.05) is 13.7 Å². The Kier molecular flexibility index (Phi) is 3.71. The Morgan fingerprint density at radius 1 is 1.42 bits per heavy atom. The van der Waals surface area contributed by atoms with Crippen molar-refractivity contribution in [3.63, 3.8) is 0 Å². The number of esters is 1. The van der Waals surface area contributed by atoms with Crippen LogP contribution in [0.3, 0.4) is 0 Å². The molecule has 0 bridgehead atoms. The molecule has 0 saturated heterocycles. The van der Waals surface area contributed by atoms with E-state index in [1.54, 1.807) is 30.7 Å². The first-order valence-corrected chi connectivity index (χ1v) is 5.89. The van der Waals surface area contributed by atoms with Gasteiger partial charge in [-0.3, -0.25) is 9.41 Å². The Balaban J connectivity index is 2.59. The lowest BCUT2D eigenvalue weighted by Crippen LogP contribution is -2.11. The third-order valence-electron chi connectivity index (χ3n) is 2.81. The Morgan fingerprint density at radius 2 is 2.21 bits per heavy atom. The van der Waals surface area contributed by atoms with Gasteiger partial charge in [-0.2, -0.15) is 0 Å². The van der Waals surface area contributed by atoms with Gasteiger partial charge in [-0.15, -0.1) is 0 Å². The molecule has 1 aromatic heterocycles. The van der Waals surface area contributed by atoms with Crippen LogP contribution in [0.2, 0.25) is 0 Å². The number of methoxy groups -OCH3 is 1. The van der Waals surface area contributed by atoms with Crippen LogP contribution in [0.4, 0.5) is 0 Å². The molecule has 0 unspecified atom stereocenters. The van der Waals surface area contributed by atoms with Gasteiger partial charge in [-0.1, -0.05) is 0 Å². The third kappa shape index (κ3) is 2.38. The Hall–Kier alpha value is -2.48. The number of rotatable bonds is 4. The van der Waals surface area contributed by atoms with Gasteiger partial charge in [0, 0.05) is 5.39 Å². The van der Waals surface area contributed by atoms with Gasteiger partial charge < -0.3 is 9.47 Å². The highest BCUT2D eigenvalue weighted by molar-refractivity contribution is 5.96. The van der Waals surface area contributed by atoms with Crippen LogP contribution in [0.1, 0.15) is 17.4 Å². The van der Waals surface area contributed by atoms with Crippen LogP contribution in [0, 0.1) is 6.57 Å². The van der Waals surface area contributed by atoms with E-state index in [0.717, 1.165) is 10.9 Å². The fraction of sp³-hybridized carbons (Fsp3) is 0.286. The standard InChI is InChI=1S/C14H14N2O3/c1-4-19-14(17)13-8-10-7-11(18-3)5-6-12(10)16(13)9-15-2/h5-8H,4,9H2,1,3H3. The molecule has 0 aliphatic rings. The van der Waals surface area contributed by atoms with E-state index >= 15 is 0 Å². The molecule has 0 saturated carbocycles. The lowest BCUT2D eigenvalue weighted by molar-refractivity contribution is 0.0515. The van der Waals surface area contributed by atoms with Crippen molar-refractivity contribution < 1.29 is 14.3 Å². The monoisotopic (exact) mass is 258 g/mol. The molecule has 0 atom stereocenters. The van der Waals surface area contributed by atoms with Crippen LogP contribution in [-0.4, -0.2) is 24.3 Å². The van der Waals surface area contributed by atoms with E-state index < -0.39 is 5.97 Å². The zero-order valence-corrected chi connectivity index (χ0v) is 10.8. The summed E-state index contributed by atoms with van der Waals surface area (Å²) in [5, 5.41) is 0.853. The van der Waals surface area contributed by atoms with Gasteiger partial charge in [0.05, 0.1) is 19.2 Å². The highest BCUT2D eigenvalue weighted by Crippen LogP contribution is 2.25. The molecule has 2 rings (SSSR count). The quantitative estimate of drug-likeness (QED) is 0.625. The van der Waals surface area contributed by atoms with E-state index in [4.69, 9.17) is 16.0 Å². The molecule has 19 heavy (non-hydrogen) atoms. The first kappa shape index (κ1) is 13.0. The van der Waals surface area contributed by atoms with Gasteiger partial charge in [0.25, 0.3) is 6.67 Å². The molecule has 0 radical (unpaired) electrons. The zero-order valence-electron chi connectivity index (χ0n) is 10.8. The molecule has 1 heterocycles. The van der Waals surface area contributed by atoms with Crippen LogP contribution in [-0.2, 0) is 11.4 Å². The fourth-order valence-corrected chi connectivity index (χ4v) is 1.97. The minimum Gasteiger partial charge on any atom is -0.497 e. The lowest BCUT2D eigenvalue weighted by Gasteiger charge is -2.04. The summed E-state index contributed by atoms with van der Waals surface area (Å²) in [4.78, 5) is 15.2. The van der Waals surface area contributed by atoms with Gasteiger partial charge in [0.2, 0.25) is 0 Å². The molecular formula is C14H14N2O3. The van der Waals surface area contributed by atoms with Crippen LogP contribution in [0.5, 0.6) is 5.75 Å². The number of aromatic nitrogens is 1. The van der Waals surface area contributed by atoms with E-state index in [1.807, 2.05) is 12.1 Å². The molecule has 1 aromatic carbocycles. The average molecular weight is 258 g/mol. The maximum atomic E-state index is 11.9. The summed E-state index contributed by atoms with van der Waals surface area (Å²) >= 11 is 0. The highest BCUT2D eigenvalue weighted by Gasteiger charge is 2.18. The minimum atomic E-state index is -0.415. The maximum Gasteiger partial charge on any atom is 0.355 e. The van der Waals surface area contributed by atoms with E-state index in [-0.39, 0.29) is 6.67 Å². The summed E-state index contributed by atoms with van der Waals surface area (Å²) in [6.07, 6.45) is 0. The predicted molar refractivity (Wildman–Crippen MR) is 71.0 cm³/mol. The Labute approximate surface area is 111 Å². The normalized spacial score (nSPS) is 10.2. The number of hydrogen-bond acceptors (Lipinski definition) is 3. The second-order valence-corrected chi connectivity index (χ2v) is 3.90. The van der Waals surface area contributed by atoms with E-state index in [9.17, 15) is 4.79 Å². The molecule has 5 heteroatoms. The van der Waals surface area contributed by atoms with Crippen molar-refractivity contribution in [3.05, 3.63) is 41.4 Å². The SMILES string of the molecule is [C-]#[N+]Cn1c(C(=O)OCC)cc2cc(OC)ccc21. The van der Waals surface area contributed by atoms with E-state index in [1.165, 1.54) is 0 Å². The van der Waals surface area contributed by atoms with E-state index in [2.05, 4.69) is 4.85 Å². The molecule has 0 fully saturated rings. The van der Waals surface area contributed by atoms with Crippen LogP contribution >= 0.6 is 0 Å². The van der Waals surface area contributed by atoms with Crippen LogP contribution in [0.25, 0.3) is 15.7 Å². The Morgan fingerprint density at radius 3 is 2.84 bits per heavy atom. The molecule has 5 nitrogen and oxygen atoms in total. The lowest BCUT2D eigenvalue weighted by atomic mass is 10.2. The van der Waals surface area contributed by atoms with Crippen LogP contribution < -0.4 is 4.74 Å². The second-order valence-electron chi connectivity index (χ2n) is 3.90. The summed E-state index contributed by atoms with van der Waals surface area (Å²) in [6, 6.07) is 7.19. The topological polar surface area (TPSA) is 44.8 Å². The van der Waals surface area contributed by atoms with Crippen molar-refractivity contribution in [2.45, 2.75) is 13.6 Å². The van der Waals surface area contributed by atoms with Gasteiger partial charge in [0.1, 0.15) is 11.4 Å². The maximum absolute atomic E-state index is 11.9. The van der Waals surface area contributed by atoms with Crippen LogP contribution in [0.15, 0.2) is 24.3 Å². The zero-order chi connectivity index (χ0) is 13.8. The number of carbonyl (C=O) groups excluding carboxylic acids is 1. The summed E-state index contributed by atoms with van der Waals surface area (Å²) in [7, 11) is 1.59. The van der Waals surface area contributed by atoms with Gasteiger partial charge in [0.15, 0.2) is 0 Å². The van der Waals surface area contributed by atoms with Gasteiger partial charge in [-0.25, -0.2) is 11.4 Å². The first-order valence-electron chi connectivity index (χ1n) is 5.89. The molecule has 0 amide bonds. The molecular weight excluding hydrogens is 244 g/mol. The largest absolute Gasteiger partial charge is 0.497 e. The number of carbonyl (C=O) groups is 1. The summed E-state index contributed by atoms with van der Waals surface area (Å²) in [5.41, 5.74) is 1.21.